The van der Waals surface area contributed by atoms with Crippen molar-refractivity contribution in [3.05, 3.63) is 47.5 Å². The van der Waals surface area contributed by atoms with Crippen LogP contribution in [0.3, 0.4) is 0 Å². The summed E-state index contributed by atoms with van der Waals surface area (Å²) in [6.45, 7) is 0.244. The van der Waals surface area contributed by atoms with Gasteiger partial charge in [-0.05, 0) is 49.4 Å². The number of hydrogen-bond acceptors (Lipinski definition) is 7. The molecule has 0 bridgehead atoms. The predicted molar refractivity (Wildman–Crippen MR) is 115 cm³/mol. The summed E-state index contributed by atoms with van der Waals surface area (Å²) < 4.78 is 88.5. The van der Waals surface area contributed by atoms with Gasteiger partial charge in [-0.3, -0.25) is 9.59 Å². The molecule has 0 aromatic heterocycles. The summed E-state index contributed by atoms with van der Waals surface area (Å²) in [6, 6.07) is 6.75. The van der Waals surface area contributed by atoms with Crippen LogP contribution in [-0.4, -0.2) is 58.3 Å². The highest BCUT2D eigenvalue weighted by Gasteiger charge is 2.55. The number of alkyl halides is 3. The Morgan fingerprint density at radius 1 is 0.971 bits per heavy atom. The molecule has 0 heterocycles. The molecule has 34 heavy (non-hydrogen) atoms. The molecule has 15 heteroatoms. The van der Waals surface area contributed by atoms with Gasteiger partial charge in [-0.15, -0.1) is 0 Å². The van der Waals surface area contributed by atoms with Crippen LogP contribution in [0.5, 0.6) is 0 Å². The quantitative estimate of drug-likeness (QED) is 0.484. The van der Waals surface area contributed by atoms with E-state index < -0.39 is 58.9 Å². The summed E-state index contributed by atoms with van der Waals surface area (Å²) in [4.78, 5) is 22.1. The Bertz CT molecular complexity index is 1320. The Hall–Kier alpha value is -2.68. The summed E-state index contributed by atoms with van der Waals surface area (Å²) in [7, 11) is -7.00. The van der Waals surface area contributed by atoms with Gasteiger partial charge in [0.2, 0.25) is 21.3 Å². The van der Waals surface area contributed by atoms with Gasteiger partial charge in [-0.25, -0.2) is 16.8 Å². The molecule has 0 saturated carbocycles. The second-order valence-electron chi connectivity index (χ2n) is 7.07. The average molecular weight is 543 g/mol. The minimum absolute atomic E-state index is 0.244. The van der Waals surface area contributed by atoms with Crippen molar-refractivity contribution >= 4 is 48.8 Å². The van der Waals surface area contributed by atoms with Gasteiger partial charge in [0.05, 0.1) is 25.4 Å². The normalized spacial score (nSPS) is 14.2. The number of hydrogen-bond donors (Lipinski definition) is 3. The van der Waals surface area contributed by atoms with Crippen molar-refractivity contribution in [2.24, 2.45) is 0 Å². The monoisotopic (exact) mass is 542 g/mol. The van der Waals surface area contributed by atoms with E-state index in [4.69, 9.17) is 11.6 Å². The lowest BCUT2D eigenvalue weighted by molar-refractivity contribution is -0.242. The first-order chi connectivity index (χ1) is 15.4. The fourth-order valence-electron chi connectivity index (χ4n) is 2.43. The number of benzene rings is 2. The van der Waals surface area contributed by atoms with E-state index in [0.717, 1.165) is 42.5 Å². The van der Waals surface area contributed by atoms with Crippen molar-refractivity contribution in [2.75, 3.05) is 18.1 Å². The van der Waals surface area contributed by atoms with E-state index in [2.05, 4.69) is 5.32 Å². The lowest BCUT2D eigenvalue weighted by atomic mass is 10.1. The zero-order valence-electron chi connectivity index (χ0n) is 17.5. The fourth-order valence-corrected chi connectivity index (χ4v) is 5.21. The smallest absolute Gasteiger partial charge is 0.373 e. The molecular formula is C19H18ClF3N2O7S2. The zero-order valence-corrected chi connectivity index (χ0v) is 19.9. The summed E-state index contributed by atoms with van der Waals surface area (Å²) in [5, 5.41) is 12.9. The largest absolute Gasteiger partial charge is 0.426 e. The van der Waals surface area contributed by atoms with E-state index in [0.29, 0.717) is 0 Å². The van der Waals surface area contributed by atoms with Crippen molar-refractivity contribution in [2.45, 2.75) is 33.4 Å². The molecule has 2 aromatic rings. The molecule has 2 amide bonds. The molecule has 0 aliphatic rings. The van der Waals surface area contributed by atoms with Gasteiger partial charge < -0.3 is 15.7 Å². The summed E-state index contributed by atoms with van der Waals surface area (Å²) in [6.07, 6.45) is -5.27. The number of rotatable bonds is 7. The van der Waals surface area contributed by atoms with Gasteiger partial charge in [0.25, 0.3) is 5.91 Å². The Balaban J connectivity index is 2.32. The van der Waals surface area contributed by atoms with Gasteiger partial charge in [0.15, 0.2) is 9.84 Å². The molecule has 0 fully saturated rings. The van der Waals surface area contributed by atoms with E-state index in [9.17, 15) is 44.7 Å². The van der Waals surface area contributed by atoms with Gasteiger partial charge in [-0.2, -0.15) is 13.2 Å². The Labute approximate surface area is 197 Å². The van der Waals surface area contributed by atoms with Crippen LogP contribution in [0.1, 0.15) is 6.92 Å². The van der Waals surface area contributed by atoms with Crippen LogP contribution in [0, 0.1) is 0 Å². The summed E-state index contributed by atoms with van der Waals surface area (Å²) >= 11 is 5.92. The van der Waals surface area contributed by atoms with E-state index in [1.165, 1.54) is 7.05 Å². The molecule has 0 aliphatic heterocycles. The van der Waals surface area contributed by atoms with Gasteiger partial charge in [0, 0.05) is 7.05 Å². The van der Waals surface area contributed by atoms with Crippen LogP contribution >= 0.6 is 11.6 Å². The second kappa shape index (κ2) is 9.52. The maximum absolute atomic E-state index is 12.8. The van der Waals surface area contributed by atoms with Crippen molar-refractivity contribution in [1.82, 2.24) is 5.32 Å². The van der Waals surface area contributed by atoms with Crippen molar-refractivity contribution in [3.8, 4) is 0 Å². The first kappa shape index (κ1) is 27.6. The molecule has 0 radical (unpaired) electrons. The lowest BCUT2D eigenvalue weighted by Crippen LogP contribution is -2.52. The summed E-state index contributed by atoms with van der Waals surface area (Å²) in [5.74, 6) is -3.42. The molecule has 9 nitrogen and oxygen atoms in total. The molecular weight excluding hydrogens is 525 g/mol. The minimum atomic E-state index is -5.27. The molecule has 0 aliphatic carbocycles. The predicted octanol–water partition coefficient (Wildman–Crippen LogP) is 1.94. The topological polar surface area (TPSA) is 147 Å². The number of sulfone groups is 2. The van der Waals surface area contributed by atoms with Crippen LogP contribution in [0.15, 0.2) is 57.2 Å². The minimum Gasteiger partial charge on any atom is -0.373 e. The third-order valence-electron chi connectivity index (χ3n) is 4.59. The number of carbonyl (C=O) groups excluding carboxylic acids is 2. The molecule has 2 aromatic carbocycles. The first-order valence-corrected chi connectivity index (χ1v) is 12.6. The second-order valence-corrected chi connectivity index (χ2v) is 11.4. The molecule has 0 spiro atoms. The van der Waals surface area contributed by atoms with Crippen LogP contribution in [0.4, 0.5) is 18.9 Å². The number of anilines is 1. The van der Waals surface area contributed by atoms with E-state index >= 15 is 0 Å². The molecule has 3 N–H and O–H groups in total. The molecule has 1 atom stereocenters. The van der Waals surface area contributed by atoms with E-state index in [1.807, 2.05) is 0 Å². The van der Waals surface area contributed by atoms with Gasteiger partial charge in [-0.1, -0.05) is 11.6 Å². The third kappa shape index (κ3) is 5.68. The number of aliphatic hydroxyl groups is 1. The number of halogens is 4. The average Bonchev–Trinajstić information content (AvgIpc) is 2.73. The van der Waals surface area contributed by atoms with E-state index in [-0.39, 0.29) is 22.4 Å². The molecule has 0 saturated heterocycles. The zero-order chi connectivity index (χ0) is 26.1. The van der Waals surface area contributed by atoms with Gasteiger partial charge >= 0.3 is 6.18 Å². The lowest BCUT2D eigenvalue weighted by Gasteiger charge is -2.25. The highest BCUT2D eigenvalue weighted by Crippen LogP contribution is 2.33. The first-order valence-electron chi connectivity index (χ1n) is 9.12. The molecule has 186 valence electrons. The Kier molecular flexibility index (Phi) is 7.72. The molecule has 2 rings (SSSR count). The number of nitrogens with one attached hydrogen (secondary N) is 2. The number of carbonyl (C=O) groups is 2. The Morgan fingerprint density at radius 2 is 1.47 bits per heavy atom. The highest BCUT2D eigenvalue weighted by molar-refractivity contribution is 7.92. The standard InChI is InChI=1S/C19H18ClF3N2O7S2/c1-18(28,19(21,22)23)17(27)25-15-8-7-13(9-14(15)20)34(31,32)12-5-3-11(4-6-12)33(29,30)10-16(26)24-2/h3-9,28H,10H2,1-2H3,(H,24,26)(H,25,27)/t18-/m1/s1. The maximum Gasteiger partial charge on any atom is 0.426 e. The van der Waals surface area contributed by atoms with Crippen LogP contribution in [0.25, 0.3) is 0 Å². The van der Waals surface area contributed by atoms with Crippen molar-refractivity contribution in [3.63, 3.8) is 0 Å². The maximum atomic E-state index is 12.8. The highest BCUT2D eigenvalue weighted by atomic mass is 35.5. The fraction of sp³-hybridized carbons (Fsp3) is 0.263. The van der Waals surface area contributed by atoms with Crippen molar-refractivity contribution < 1.29 is 44.7 Å². The van der Waals surface area contributed by atoms with E-state index in [1.54, 1.807) is 5.32 Å². The van der Waals surface area contributed by atoms with Crippen molar-refractivity contribution in [1.29, 1.82) is 0 Å². The Morgan fingerprint density at radius 3 is 1.94 bits per heavy atom. The third-order valence-corrected chi connectivity index (χ3v) is 8.30. The van der Waals surface area contributed by atoms with Gasteiger partial charge in [0.1, 0.15) is 5.75 Å². The van der Waals surface area contributed by atoms with Crippen LogP contribution in [0.2, 0.25) is 5.02 Å². The summed E-state index contributed by atoms with van der Waals surface area (Å²) in [5.41, 5.74) is -4.10. The van der Waals surface area contributed by atoms with Crippen LogP contribution < -0.4 is 10.6 Å². The SMILES string of the molecule is CNC(=O)CS(=O)(=O)c1ccc(S(=O)(=O)c2ccc(NC(=O)[C@@](C)(O)C(F)(F)F)c(Cl)c2)cc1. The molecule has 0 unspecified atom stereocenters. The van der Waals surface area contributed by atoms with Crippen LogP contribution in [-0.2, 0) is 29.3 Å². The number of amides is 2.